The second-order valence-electron chi connectivity index (χ2n) is 19.9. The molecule has 2 heterocycles. The Labute approximate surface area is 500 Å². The van der Waals surface area contributed by atoms with Crippen LogP contribution in [0.3, 0.4) is 0 Å². The highest BCUT2D eigenvalue weighted by Gasteiger charge is 2.23. The number of nitrogens with two attached hydrogens (primary N) is 1. The Morgan fingerprint density at radius 3 is 0.882 bits per heavy atom. The van der Waals surface area contributed by atoms with Gasteiger partial charge in [0.1, 0.15) is 11.2 Å². The van der Waals surface area contributed by atoms with E-state index in [1.807, 2.05) is 170 Å². The van der Waals surface area contributed by atoms with Crippen LogP contribution in [0.1, 0.15) is 0 Å². The summed E-state index contributed by atoms with van der Waals surface area (Å²) in [7, 11) is 0. The molecule has 0 aliphatic heterocycles. The van der Waals surface area contributed by atoms with Crippen LogP contribution in [0.5, 0.6) is 0 Å². The monoisotopic (exact) mass is 1120 g/mol. The van der Waals surface area contributed by atoms with Crippen LogP contribution < -0.4 is 30.7 Å². The van der Waals surface area contributed by atoms with Gasteiger partial charge in [0.05, 0.1) is 17.1 Å². The van der Waals surface area contributed by atoms with Gasteiger partial charge in [0.25, 0.3) is 0 Å². The van der Waals surface area contributed by atoms with Gasteiger partial charge in [-0.1, -0.05) is 194 Å². The van der Waals surface area contributed by atoms with Crippen molar-refractivity contribution in [1.29, 1.82) is 0 Å². The summed E-state index contributed by atoms with van der Waals surface area (Å²) in [6.45, 7) is 0. The molecule has 14 rings (SSSR count). The highest BCUT2D eigenvalue weighted by molar-refractivity contribution is 6.31. The normalized spacial score (nSPS) is 10.7. The van der Waals surface area contributed by atoms with Crippen molar-refractivity contribution in [3.63, 3.8) is 0 Å². The molecule has 12 aromatic carbocycles. The maximum atomic E-state index is 6.78. The number of fused-ring (bicyclic) bond motifs is 2. The van der Waals surface area contributed by atoms with Crippen molar-refractivity contribution in [2.24, 2.45) is 0 Å². The summed E-state index contributed by atoms with van der Waals surface area (Å²) in [6, 6.07) is 115. The van der Waals surface area contributed by atoms with Crippen LogP contribution in [0.15, 0.2) is 349 Å². The minimum Gasteiger partial charge on any atom is -0.440 e. The van der Waals surface area contributed by atoms with Crippen LogP contribution in [0, 0.1) is 0 Å². The number of furan rings is 2. The molecule has 0 fully saturated rings. The van der Waals surface area contributed by atoms with Gasteiger partial charge in [-0.15, -0.1) is 0 Å². The van der Waals surface area contributed by atoms with E-state index in [9.17, 15) is 0 Å². The maximum Gasteiger partial charge on any atom is 0.205 e. The predicted octanol–water partition coefficient (Wildman–Crippen LogP) is 22.4. The third-order valence-electron chi connectivity index (χ3n) is 14.0. The van der Waals surface area contributed by atoms with E-state index in [0.717, 1.165) is 108 Å². The zero-order valence-electron chi connectivity index (χ0n) is 46.4. The first-order chi connectivity index (χ1) is 42.0. The maximum absolute atomic E-state index is 6.78. The molecule has 0 saturated carbocycles. The lowest BCUT2D eigenvalue weighted by molar-refractivity contribution is 0.620. The van der Waals surface area contributed by atoms with Crippen LogP contribution in [0.25, 0.3) is 21.9 Å². The molecule has 412 valence electrons. The van der Waals surface area contributed by atoms with Crippen LogP contribution in [0.2, 0.25) is 5.02 Å². The Morgan fingerprint density at radius 1 is 0.259 bits per heavy atom. The van der Waals surface area contributed by atoms with Gasteiger partial charge in [-0.25, -0.2) is 0 Å². The van der Waals surface area contributed by atoms with Gasteiger partial charge in [-0.05, 0) is 146 Å². The first kappa shape index (κ1) is 54.4. The molecule has 0 saturated heterocycles. The summed E-state index contributed by atoms with van der Waals surface area (Å²) < 4.78 is 12.8. The van der Waals surface area contributed by atoms with E-state index in [2.05, 4.69) is 195 Å². The SMILES string of the molecule is Clc1cc(N(c2ccccc2)c2ccccc2)cc(N(c2ccccc2)c2cc3ccccc3o2)c1.Nc1ccccc1.c1ccc(Nc2cc(N(c3ccccc3)c3ccccc3)cc(N(c3ccccc3)c3cc4ccccc4o3)c2)cc1. The lowest BCUT2D eigenvalue weighted by Gasteiger charge is -2.29. The summed E-state index contributed by atoms with van der Waals surface area (Å²) in [5.74, 6) is 1.47. The Bertz CT molecular complexity index is 4220. The second kappa shape index (κ2) is 26.2. The Balaban J connectivity index is 0.000000151. The first-order valence-corrected chi connectivity index (χ1v) is 28.4. The fourth-order valence-corrected chi connectivity index (χ4v) is 10.4. The molecule has 0 atom stereocenters. The highest BCUT2D eigenvalue weighted by atomic mass is 35.5. The van der Waals surface area contributed by atoms with Crippen molar-refractivity contribution in [3.05, 3.63) is 345 Å². The van der Waals surface area contributed by atoms with Crippen molar-refractivity contribution >= 4 is 119 Å². The third-order valence-corrected chi connectivity index (χ3v) is 14.2. The van der Waals surface area contributed by atoms with Crippen molar-refractivity contribution in [2.75, 3.05) is 30.7 Å². The molecular weight excluding hydrogens is 1060 g/mol. The van der Waals surface area contributed by atoms with E-state index in [-0.39, 0.29) is 0 Å². The Kier molecular flexibility index (Phi) is 16.7. The van der Waals surface area contributed by atoms with E-state index >= 15 is 0 Å². The number of benzene rings is 12. The van der Waals surface area contributed by atoms with Crippen LogP contribution >= 0.6 is 11.6 Å². The van der Waals surface area contributed by atoms with E-state index in [4.69, 9.17) is 26.2 Å². The number of rotatable bonds is 14. The predicted molar refractivity (Wildman–Crippen MR) is 357 cm³/mol. The molecule has 85 heavy (non-hydrogen) atoms. The van der Waals surface area contributed by atoms with Gasteiger partial charge in [0, 0.05) is 84.8 Å². The van der Waals surface area contributed by atoms with Crippen LogP contribution in [-0.4, -0.2) is 0 Å². The molecule has 14 aromatic rings. The van der Waals surface area contributed by atoms with Crippen molar-refractivity contribution in [1.82, 2.24) is 0 Å². The molecule has 0 amide bonds. The number of nitrogens with one attached hydrogen (secondary N) is 1. The smallest absolute Gasteiger partial charge is 0.205 e. The first-order valence-electron chi connectivity index (χ1n) is 28.0. The van der Waals surface area contributed by atoms with Gasteiger partial charge in [0.2, 0.25) is 11.8 Å². The van der Waals surface area contributed by atoms with Gasteiger partial charge in [-0.3, -0.25) is 9.80 Å². The number of nitrogen functional groups attached to an aromatic ring is 1. The van der Waals surface area contributed by atoms with E-state index in [1.54, 1.807) is 0 Å². The minimum atomic E-state index is 0.636. The quantitative estimate of drug-likeness (QED) is 0.104. The topological polar surface area (TPSA) is 77.3 Å². The molecule has 8 nitrogen and oxygen atoms in total. The molecule has 0 aliphatic carbocycles. The average molecular weight is 1120 g/mol. The molecule has 0 unspecified atom stereocenters. The molecule has 2 aromatic heterocycles. The number of nitrogens with zero attached hydrogens (tertiary/aromatic N) is 4. The van der Waals surface area contributed by atoms with E-state index in [0.29, 0.717) is 5.02 Å². The lowest BCUT2D eigenvalue weighted by atomic mass is 10.1. The summed E-state index contributed by atoms with van der Waals surface area (Å²) in [5, 5.41) is 6.38. The van der Waals surface area contributed by atoms with Crippen LogP contribution in [-0.2, 0) is 0 Å². The Hall–Kier alpha value is -11.2. The number of hydrogen-bond donors (Lipinski definition) is 2. The zero-order chi connectivity index (χ0) is 57.6. The Morgan fingerprint density at radius 2 is 0.541 bits per heavy atom. The van der Waals surface area contributed by atoms with Crippen molar-refractivity contribution < 1.29 is 8.83 Å². The van der Waals surface area contributed by atoms with Gasteiger partial charge in [0.15, 0.2) is 0 Å². The van der Waals surface area contributed by atoms with Gasteiger partial charge < -0.3 is 29.7 Å². The van der Waals surface area contributed by atoms with Crippen molar-refractivity contribution in [2.45, 2.75) is 0 Å². The van der Waals surface area contributed by atoms with E-state index < -0.39 is 0 Å². The van der Waals surface area contributed by atoms with Gasteiger partial charge in [-0.2, -0.15) is 0 Å². The molecule has 0 bridgehead atoms. The average Bonchev–Trinajstić information content (AvgIpc) is 4.43. The minimum absolute atomic E-state index is 0.636. The fraction of sp³-hybridized carbons (Fsp3) is 0. The molecule has 0 radical (unpaired) electrons. The zero-order valence-corrected chi connectivity index (χ0v) is 47.1. The summed E-state index contributed by atoms with van der Waals surface area (Å²) in [5.41, 5.74) is 19.9. The number of anilines is 15. The van der Waals surface area contributed by atoms with Gasteiger partial charge >= 0.3 is 0 Å². The van der Waals surface area contributed by atoms with Crippen LogP contribution in [0.4, 0.5) is 85.7 Å². The fourth-order valence-electron chi connectivity index (χ4n) is 10.2. The standard InChI is InChI=1S/C38H29N3O.C32H23ClN2O.C6H7N/c1-5-16-30(17-6-1)39-31-26-35(40(32-18-7-2-8-19-32)33-20-9-3-10-21-33)28-36(27-31)41(34-22-11-4-12-23-34)38-25-29-15-13-14-24-37(29)42-38;33-25-21-29(34(26-13-4-1-5-14-26)27-15-6-2-7-16-27)23-30(22-25)35(28-17-8-3-9-18-28)32-20-24-12-10-11-19-31(24)36-32;7-6-4-2-1-3-5-6/h1-28,39H;1-23H;1-5H,7H2. The second-order valence-corrected chi connectivity index (χ2v) is 20.3. The number of hydrogen-bond acceptors (Lipinski definition) is 8. The largest absolute Gasteiger partial charge is 0.440 e. The molecule has 0 aliphatic rings. The number of para-hydroxylation sites is 10. The van der Waals surface area contributed by atoms with E-state index in [1.165, 1.54) is 0 Å². The summed E-state index contributed by atoms with van der Waals surface area (Å²) in [6.07, 6.45) is 0. The van der Waals surface area contributed by atoms with Crippen molar-refractivity contribution in [3.8, 4) is 0 Å². The summed E-state index contributed by atoms with van der Waals surface area (Å²) in [4.78, 5) is 8.76. The molecule has 3 N–H and O–H groups in total. The molecular formula is C76H59ClN6O2. The number of halogens is 1. The highest BCUT2D eigenvalue weighted by Crippen LogP contribution is 2.46. The summed E-state index contributed by atoms with van der Waals surface area (Å²) >= 11 is 6.78. The lowest BCUT2D eigenvalue weighted by Crippen LogP contribution is -2.13. The molecule has 9 heteroatoms. The molecule has 0 spiro atoms. The third kappa shape index (κ3) is 13.1.